The van der Waals surface area contributed by atoms with Gasteiger partial charge in [-0.2, -0.15) is 5.10 Å². The smallest absolute Gasteiger partial charge is 0.0760 e. The van der Waals surface area contributed by atoms with Crippen LogP contribution in [0.3, 0.4) is 0 Å². The van der Waals surface area contributed by atoms with E-state index in [1.165, 1.54) is 0 Å². The molecule has 21 heavy (non-hydrogen) atoms. The van der Waals surface area contributed by atoms with Gasteiger partial charge in [-0.25, -0.2) is 0 Å². The molecule has 2 rings (SSSR count). The third kappa shape index (κ3) is 3.81. The molecule has 1 unspecified atom stereocenters. The molecule has 0 amide bonds. The van der Waals surface area contributed by atoms with Crippen molar-refractivity contribution >= 4 is 39.1 Å². The summed E-state index contributed by atoms with van der Waals surface area (Å²) in [6, 6.07) is 5.85. The van der Waals surface area contributed by atoms with E-state index in [1.54, 1.807) is 6.07 Å². The van der Waals surface area contributed by atoms with E-state index in [0.29, 0.717) is 10.0 Å². The van der Waals surface area contributed by atoms with Crippen LogP contribution in [-0.4, -0.2) is 16.3 Å². The molecular formula is C15H18BrCl2N3. The molecule has 2 aromatic rings. The summed E-state index contributed by atoms with van der Waals surface area (Å²) in [6.45, 7) is 7.11. The minimum atomic E-state index is -0.0227. The van der Waals surface area contributed by atoms with Crippen molar-refractivity contribution in [1.29, 1.82) is 0 Å². The van der Waals surface area contributed by atoms with Crippen LogP contribution in [0.15, 0.2) is 28.9 Å². The van der Waals surface area contributed by atoms with Gasteiger partial charge in [-0.3, -0.25) is 4.68 Å². The molecule has 1 aromatic carbocycles. The number of hydrogen-bond donors (Lipinski definition) is 1. The number of rotatable bonds is 5. The Balaban J connectivity index is 2.56. The molecule has 0 fully saturated rings. The highest BCUT2D eigenvalue weighted by atomic mass is 79.9. The number of hydrogen-bond acceptors (Lipinski definition) is 2. The third-order valence-electron chi connectivity index (χ3n) is 3.18. The third-order valence-corrected chi connectivity index (χ3v) is 4.22. The van der Waals surface area contributed by atoms with Crippen molar-refractivity contribution in [2.24, 2.45) is 0 Å². The molecule has 0 aliphatic carbocycles. The van der Waals surface area contributed by atoms with Crippen LogP contribution in [0.1, 0.15) is 44.1 Å². The van der Waals surface area contributed by atoms with Crippen LogP contribution in [0, 0.1) is 0 Å². The molecule has 0 aliphatic heterocycles. The molecule has 0 saturated heterocycles. The summed E-state index contributed by atoms with van der Waals surface area (Å²) < 4.78 is 2.98. The van der Waals surface area contributed by atoms with E-state index in [4.69, 9.17) is 23.2 Å². The quantitative estimate of drug-likeness (QED) is 0.757. The van der Waals surface area contributed by atoms with Gasteiger partial charge in [0.25, 0.3) is 0 Å². The Morgan fingerprint density at radius 3 is 2.38 bits per heavy atom. The van der Waals surface area contributed by atoms with E-state index < -0.39 is 0 Å². The summed E-state index contributed by atoms with van der Waals surface area (Å²) in [5.74, 6) is 0. The Hall–Kier alpha value is -0.550. The second kappa shape index (κ2) is 7.14. The van der Waals surface area contributed by atoms with Crippen molar-refractivity contribution in [2.75, 3.05) is 6.54 Å². The van der Waals surface area contributed by atoms with E-state index in [-0.39, 0.29) is 12.1 Å². The van der Waals surface area contributed by atoms with Gasteiger partial charge in [0.05, 0.1) is 22.4 Å². The fraction of sp³-hybridized carbons (Fsp3) is 0.400. The van der Waals surface area contributed by atoms with E-state index in [0.717, 1.165) is 22.3 Å². The van der Waals surface area contributed by atoms with Crippen LogP contribution in [0.25, 0.3) is 0 Å². The molecule has 114 valence electrons. The monoisotopic (exact) mass is 389 g/mol. The van der Waals surface area contributed by atoms with Gasteiger partial charge in [-0.1, -0.05) is 30.1 Å². The molecule has 3 nitrogen and oxygen atoms in total. The zero-order valence-corrected chi connectivity index (χ0v) is 15.3. The first-order valence-corrected chi connectivity index (χ1v) is 8.41. The average molecular weight is 391 g/mol. The highest BCUT2D eigenvalue weighted by molar-refractivity contribution is 9.10. The first kappa shape index (κ1) is 16.8. The standard InChI is InChI=1S/C15H18BrCl2N3/c1-4-19-14(10-5-11(17)7-12(18)6-10)15-13(16)8-20-21(15)9(2)3/h5-9,14,19H,4H2,1-3H3. The Kier molecular flexibility index (Phi) is 5.72. The molecule has 1 atom stereocenters. The fourth-order valence-electron chi connectivity index (χ4n) is 2.35. The van der Waals surface area contributed by atoms with E-state index in [2.05, 4.69) is 47.1 Å². The summed E-state index contributed by atoms with van der Waals surface area (Å²) in [6.07, 6.45) is 1.83. The normalized spacial score (nSPS) is 12.9. The van der Waals surface area contributed by atoms with Crippen LogP contribution < -0.4 is 5.32 Å². The molecule has 1 aromatic heterocycles. The lowest BCUT2D eigenvalue weighted by atomic mass is 10.0. The minimum Gasteiger partial charge on any atom is -0.305 e. The summed E-state index contributed by atoms with van der Waals surface area (Å²) in [5.41, 5.74) is 2.10. The highest BCUT2D eigenvalue weighted by Crippen LogP contribution is 2.33. The van der Waals surface area contributed by atoms with Crippen LogP contribution in [0.2, 0.25) is 10.0 Å². The van der Waals surface area contributed by atoms with Gasteiger partial charge in [0.2, 0.25) is 0 Å². The van der Waals surface area contributed by atoms with E-state index >= 15 is 0 Å². The molecule has 0 spiro atoms. The van der Waals surface area contributed by atoms with Gasteiger partial charge in [0.1, 0.15) is 0 Å². The molecule has 0 radical (unpaired) electrons. The predicted octanol–water partition coefficient (Wildman–Crippen LogP) is 5.23. The lowest BCUT2D eigenvalue weighted by Gasteiger charge is -2.22. The van der Waals surface area contributed by atoms with E-state index in [9.17, 15) is 0 Å². The molecule has 0 saturated carbocycles. The van der Waals surface area contributed by atoms with Crippen molar-refractivity contribution < 1.29 is 0 Å². The Bertz CT molecular complexity index is 605. The van der Waals surface area contributed by atoms with Gasteiger partial charge in [-0.15, -0.1) is 0 Å². The molecule has 6 heteroatoms. The first-order chi connectivity index (χ1) is 9.93. The number of nitrogens with one attached hydrogen (secondary N) is 1. The lowest BCUT2D eigenvalue weighted by Crippen LogP contribution is -2.26. The molecule has 0 bridgehead atoms. The molecule has 1 heterocycles. The van der Waals surface area contributed by atoms with Gasteiger partial charge in [0, 0.05) is 16.1 Å². The summed E-state index contributed by atoms with van der Waals surface area (Å²) >= 11 is 15.9. The van der Waals surface area contributed by atoms with Gasteiger partial charge >= 0.3 is 0 Å². The van der Waals surface area contributed by atoms with E-state index in [1.807, 2.05) is 23.0 Å². The minimum absolute atomic E-state index is 0.0227. The average Bonchev–Trinajstić information content (AvgIpc) is 2.76. The summed E-state index contributed by atoms with van der Waals surface area (Å²) in [7, 11) is 0. The van der Waals surface area contributed by atoms with Crippen LogP contribution in [0.4, 0.5) is 0 Å². The second-order valence-electron chi connectivity index (χ2n) is 5.11. The molecular weight excluding hydrogens is 373 g/mol. The lowest BCUT2D eigenvalue weighted by molar-refractivity contribution is 0.475. The van der Waals surface area contributed by atoms with Crippen LogP contribution in [-0.2, 0) is 0 Å². The van der Waals surface area contributed by atoms with Crippen molar-refractivity contribution in [3.8, 4) is 0 Å². The predicted molar refractivity (Wildman–Crippen MR) is 92.3 cm³/mol. The molecule has 1 N–H and O–H groups in total. The van der Waals surface area contributed by atoms with Crippen molar-refractivity contribution in [1.82, 2.24) is 15.1 Å². The van der Waals surface area contributed by atoms with Crippen molar-refractivity contribution in [3.05, 3.63) is 50.2 Å². The highest BCUT2D eigenvalue weighted by Gasteiger charge is 2.23. The van der Waals surface area contributed by atoms with Crippen molar-refractivity contribution in [3.63, 3.8) is 0 Å². The summed E-state index contributed by atoms with van der Waals surface area (Å²) in [5, 5.41) is 9.20. The number of aromatic nitrogens is 2. The maximum atomic E-state index is 6.15. The zero-order chi connectivity index (χ0) is 15.6. The van der Waals surface area contributed by atoms with Crippen molar-refractivity contribution in [2.45, 2.75) is 32.9 Å². The second-order valence-corrected chi connectivity index (χ2v) is 6.84. The Morgan fingerprint density at radius 2 is 1.86 bits per heavy atom. The topological polar surface area (TPSA) is 29.9 Å². The van der Waals surface area contributed by atoms with Crippen LogP contribution in [0.5, 0.6) is 0 Å². The zero-order valence-electron chi connectivity index (χ0n) is 12.2. The largest absolute Gasteiger partial charge is 0.305 e. The molecule has 0 aliphatic rings. The Labute approximate surface area is 143 Å². The SMILES string of the molecule is CCNC(c1cc(Cl)cc(Cl)c1)c1c(Br)cnn1C(C)C. The number of halogens is 3. The maximum absolute atomic E-state index is 6.15. The van der Waals surface area contributed by atoms with Gasteiger partial charge in [-0.05, 0) is 60.1 Å². The maximum Gasteiger partial charge on any atom is 0.0760 e. The van der Waals surface area contributed by atoms with Gasteiger partial charge < -0.3 is 5.32 Å². The Morgan fingerprint density at radius 1 is 1.24 bits per heavy atom. The summed E-state index contributed by atoms with van der Waals surface area (Å²) in [4.78, 5) is 0. The fourth-order valence-corrected chi connectivity index (χ4v) is 3.40. The first-order valence-electron chi connectivity index (χ1n) is 6.86. The number of nitrogens with zero attached hydrogens (tertiary/aromatic N) is 2. The van der Waals surface area contributed by atoms with Gasteiger partial charge in [0.15, 0.2) is 0 Å². The van der Waals surface area contributed by atoms with Crippen LogP contribution >= 0.6 is 39.1 Å². The number of benzene rings is 1.